The summed E-state index contributed by atoms with van der Waals surface area (Å²) in [5, 5.41) is 8.44. The van der Waals surface area contributed by atoms with Crippen LogP contribution in [0.25, 0.3) is 5.70 Å². The van der Waals surface area contributed by atoms with Gasteiger partial charge in [0, 0.05) is 10.7 Å². The molecule has 4 rings (SSSR count). The van der Waals surface area contributed by atoms with Crippen molar-refractivity contribution in [1.82, 2.24) is 14.8 Å². The van der Waals surface area contributed by atoms with E-state index in [1.807, 2.05) is 35.0 Å². The maximum Gasteiger partial charge on any atom is 0.226 e. The van der Waals surface area contributed by atoms with E-state index in [0.717, 1.165) is 22.2 Å². The van der Waals surface area contributed by atoms with Crippen molar-refractivity contribution >= 4 is 23.2 Å². The molecule has 0 spiro atoms. The number of aryl methyl sites for hydroxylation is 1. The second-order valence-electron chi connectivity index (χ2n) is 5.54. The second-order valence-corrected chi connectivity index (χ2v) is 5.98. The third-order valence-electron chi connectivity index (χ3n) is 4.07. The minimum Gasteiger partial charge on any atom is -0.324 e. The molecule has 1 aliphatic heterocycles. The summed E-state index contributed by atoms with van der Waals surface area (Å²) in [7, 11) is 0. The molecule has 1 N–H and O–H groups in total. The summed E-state index contributed by atoms with van der Waals surface area (Å²) >= 11 is 5.99. The van der Waals surface area contributed by atoms with Crippen molar-refractivity contribution in [3.63, 3.8) is 0 Å². The molecule has 1 atom stereocenters. The molecule has 3 aromatic rings. The Morgan fingerprint density at radius 3 is 2.65 bits per heavy atom. The summed E-state index contributed by atoms with van der Waals surface area (Å²) < 4.78 is 1.90. The first kappa shape index (κ1) is 14.0. The highest BCUT2D eigenvalue weighted by atomic mass is 35.5. The topological polar surface area (TPSA) is 42.7 Å². The van der Waals surface area contributed by atoms with E-state index in [9.17, 15) is 0 Å². The molecule has 0 aliphatic carbocycles. The van der Waals surface area contributed by atoms with Gasteiger partial charge < -0.3 is 5.32 Å². The van der Waals surface area contributed by atoms with Crippen LogP contribution in [0.1, 0.15) is 22.7 Å². The van der Waals surface area contributed by atoms with E-state index in [-0.39, 0.29) is 6.04 Å². The smallest absolute Gasteiger partial charge is 0.226 e. The molecule has 0 amide bonds. The highest BCUT2D eigenvalue weighted by molar-refractivity contribution is 6.30. The zero-order chi connectivity index (χ0) is 15.8. The van der Waals surface area contributed by atoms with Crippen LogP contribution in [-0.4, -0.2) is 14.8 Å². The number of aromatic nitrogens is 3. The fourth-order valence-electron chi connectivity index (χ4n) is 2.87. The van der Waals surface area contributed by atoms with Crippen molar-refractivity contribution in [1.29, 1.82) is 0 Å². The van der Waals surface area contributed by atoms with Crippen LogP contribution in [0.4, 0.5) is 5.95 Å². The summed E-state index contributed by atoms with van der Waals surface area (Å²) in [5.74, 6) is 0.741. The predicted octanol–water partition coefficient (Wildman–Crippen LogP) is 4.30. The highest BCUT2D eigenvalue weighted by Crippen LogP contribution is 2.33. The molecule has 23 heavy (non-hydrogen) atoms. The van der Waals surface area contributed by atoms with E-state index in [1.165, 1.54) is 11.1 Å². The van der Waals surface area contributed by atoms with Crippen molar-refractivity contribution in [3.8, 4) is 0 Å². The lowest BCUT2D eigenvalue weighted by Gasteiger charge is -2.25. The Bertz CT molecular complexity index is 880. The first-order chi connectivity index (χ1) is 11.2. The van der Waals surface area contributed by atoms with Gasteiger partial charge in [0.25, 0.3) is 0 Å². The van der Waals surface area contributed by atoms with Crippen LogP contribution in [-0.2, 0) is 0 Å². The van der Waals surface area contributed by atoms with Crippen molar-refractivity contribution in [2.45, 2.75) is 13.0 Å². The fourth-order valence-corrected chi connectivity index (χ4v) is 3.00. The number of hydrogen-bond acceptors (Lipinski definition) is 3. The zero-order valence-corrected chi connectivity index (χ0v) is 13.3. The minimum absolute atomic E-state index is 0.0145. The van der Waals surface area contributed by atoms with Gasteiger partial charge in [-0.15, -0.1) is 0 Å². The summed E-state index contributed by atoms with van der Waals surface area (Å²) in [6.07, 6.45) is 3.75. The number of nitrogens with zero attached hydrogens (tertiary/aromatic N) is 3. The Kier molecular flexibility index (Phi) is 3.39. The summed E-state index contributed by atoms with van der Waals surface area (Å²) in [4.78, 5) is 4.33. The van der Waals surface area contributed by atoms with Gasteiger partial charge in [-0.3, -0.25) is 0 Å². The van der Waals surface area contributed by atoms with Gasteiger partial charge >= 0.3 is 0 Å². The Morgan fingerprint density at radius 1 is 1.09 bits per heavy atom. The summed E-state index contributed by atoms with van der Waals surface area (Å²) in [5.41, 5.74) is 4.53. The monoisotopic (exact) mass is 322 g/mol. The van der Waals surface area contributed by atoms with Crippen LogP contribution in [0.15, 0.2) is 60.9 Å². The number of rotatable bonds is 2. The number of fused-ring (bicyclic) bond motifs is 1. The van der Waals surface area contributed by atoms with E-state index >= 15 is 0 Å². The number of anilines is 1. The average molecular weight is 323 g/mol. The molecule has 1 aliphatic rings. The lowest BCUT2D eigenvalue weighted by atomic mass is 9.98. The van der Waals surface area contributed by atoms with E-state index in [2.05, 4.69) is 46.6 Å². The average Bonchev–Trinajstić information content (AvgIpc) is 3.04. The lowest BCUT2D eigenvalue weighted by molar-refractivity contribution is 0.609. The molecule has 114 valence electrons. The molecule has 0 saturated heterocycles. The van der Waals surface area contributed by atoms with Crippen LogP contribution in [0.2, 0.25) is 5.02 Å². The third kappa shape index (κ3) is 2.51. The summed E-state index contributed by atoms with van der Waals surface area (Å²) in [6, 6.07) is 16.1. The third-order valence-corrected chi connectivity index (χ3v) is 4.32. The van der Waals surface area contributed by atoms with Crippen LogP contribution < -0.4 is 5.32 Å². The zero-order valence-electron chi connectivity index (χ0n) is 12.6. The molecular weight excluding hydrogens is 308 g/mol. The normalized spacial score (nSPS) is 16.4. The van der Waals surface area contributed by atoms with E-state index in [1.54, 1.807) is 6.33 Å². The Balaban J connectivity index is 1.83. The second kappa shape index (κ2) is 5.56. The predicted molar refractivity (Wildman–Crippen MR) is 92.4 cm³/mol. The van der Waals surface area contributed by atoms with Crippen LogP contribution in [0.5, 0.6) is 0 Å². The first-order valence-corrected chi connectivity index (χ1v) is 7.80. The van der Waals surface area contributed by atoms with Gasteiger partial charge in [-0.25, -0.2) is 4.68 Å². The van der Waals surface area contributed by atoms with Gasteiger partial charge in [-0.05, 0) is 41.8 Å². The Hall–Kier alpha value is -2.59. The Labute approximate surface area is 139 Å². The molecule has 5 heteroatoms. The molecule has 0 unspecified atom stereocenters. The van der Waals surface area contributed by atoms with Crippen LogP contribution in [0, 0.1) is 6.92 Å². The summed E-state index contributed by atoms with van der Waals surface area (Å²) in [6.45, 7) is 2.11. The fraction of sp³-hybridized carbons (Fsp3) is 0.111. The molecule has 4 nitrogen and oxygen atoms in total. The number of allylic oxidation sites excluding steroid dienone is 1. The lowest BCUT2D eigenvalue weighted by Crippen LogP contribution is -2.20. The molecular formula is C18H15ClN4. The van der Waals surface area contributed by atoms with Gasteiger partial charge in [-0.1, -0.05) is 48.0 Å². The first-order valence-electron chi connectivity index (χ1n) is 7.42. The van der Waals surface area contributed by atoms with Crippen molar-refractivity contribution in [2.75, 3.05) is 5.32 Å². The molecule has 0 fully saturated rings. The molecule has 0 bridgehead atoms. The SMILES string of the molecule is Cc1ccccc1[C@H]1C=C(c2ccc(Cl)cc2)Nc2ncnn21. The highest BCUT2D eigenvalue weighted by Gasteiger charge is 2.24. The number of hydrogen-bond donors (Lipinski definition) is 1. The molecule has 1 aromatic heterocycles. The van der Waals surface area contributed by atoms with Crippen LogP contribution in [0.3, 0.4) is 0 Å². The van der Waals surface area contributed by atoms with Crippen molar-refractivity contribution in [2.24, 2.45) is 0 Å². The van der Waals surface area contributed by atoms with E-state index in [4.69, 9.17) is 11.6 Å². The number of nitrogens with one attached hydrogen (secondary N) is 1. The minimum atomic E-state index is 0.0145. The quantitative estimate of drug-likeness (QED) is 0.765. The molecule has 2 heterocycles. The number of halogens is 1. The van der Waals surface area contributed by atoms with E-state index in [0.29, 0.717) is 0 Å². The maximum atomic E-state index is 5.99. The maximum absolute atomic E-state index is 5.99. The molecule has 0 radical (unpaired) electrons. The number of benzene rings is 2. The largest absolute Gasteiger partial charge is 0.324 e. The molecule has 2 aromatic carbocycles. The van der Waals surface area contributed by atoms with E-state index < -0.39 is 0 Å². The van der Waals surface area contributed by atoms with Gasteiger partial charge in [0.2, 0.25) is 5.95 Å². The molecule has 0 saturated carbocycles. The van der Waals surface area contributed by atoms with Gasteiger partial charge in [-0.2, -0.15) is 10.1 Å². The van der Waals surface area contributed by atoms with Gasteiger partial charge in [0.15, 0.2) is 0 Å². The van der Waals surface area contributed by atoms with Gasteiger partial charge in [0.1, 0.15) is 12.4 Å². The van der Waals surface area contributed by atoms with Crippen molar-refractivity contribution < 1.29 is 0 Å². The Morgan fingerprint density at radius 2 is 1.87 bits per heavy atom. The standard InChI is InChI=1S/C18H15ClN4/c1-12-4-2-3-5-15(12)17-10-16(13-6-8-14(19)9-7-13)22-18-20-11-21-23(17)18/h2-11,17H,1H3,(H,20,21,22)/t17-/m1/s1. The van der Waals surface area contributed by atoms with Crippen LogP contribution >= 0.6 is 11.6 Å². The van der Waals surface area contributed by atoms with Gasteiger partial charge in [0.05, 0.1) is 0 Å². The van der Waals surface area contributed by atoms with Crippen molar-refractivity contribution in [3.05, 3.63) is 82.6 Å².